The summed E-state index contributed by atoms with van der Waals surface area (Å²) in [7, 11) is 0. The standard InChI is InChI=1S/C18H19N3O2/c1-11-6-7-16(13-4-3-5-15(22)10-13)14(8-11)9-12(2)17(23)21-18(19)20/h3-10,22H,1-2H3,(H4,19,20,21,23)/b12-9+. The lowest BCUT2D eigenvalue weighted by Crippen LogP contribution is -2.24. The number of aliphatic imine (C=N–C) groups is 1. The molecule has 0 unspecified atom stereocenters. The number of aromatic hydroxyl groups is 1. The Balaban J connectivity index is 2.52. The first-order valence-electron chi connectivity index (χ1n) is 7.09. The van der Waals surface area contributed by atoms with Crippen LogP contribution in [0.25, 0.3) is 17.2 Å². The molecule has 2 aromatic carbocycles. The van der Waals surface area contributed by atoms with Gasteiger partial charge in [-0.2, -0.15) is 4.99 Å². The maximum Gasteiger partial charge on any atom is 0.275 e. The molecule has 5 nitrogen and oxygen atoms in total. The number of hydrogen-bond donors (Lipinski definition) is 3. The Morgan fingerprint density at radius 1 is 1.17 bits per heavy atom. The second kappa shape index (κ2) is 6.79. The quantitative estimate of drug-likeness (QED) is 0.460. The number of phenolic OH excluding ortho intramolecular Hbond substituents is 1. The number of carbonyl (C=O) groups excluding carboxylic acids is 1. The molecule has 23 heavy (non-hydrogen) atoms. The number of phenols is 1. The Bertz CT molecular complexity index is 804. The van der Waals surface area contributed by atoms with Crippen molar-refractivity contribution in [2.75, 3.05) is 0 Å². The first kappa shape index (κ1) is 16.3. The maximum atomic E-state index is 11.9. The van der Waals surface area contributed by atoms with Crippen LogP contribution in [-0.2, 0) is 4.79 Å². The molecule has 0 aromatic heterocycles. The molecule has 0 saturated heterocycles. The minimum absolute atomic E-state index is 0.186. The van der Waals surface area contributed by atoms with Gasteiger partial charge in [0.25, 0.3) is 5.91 Å². The van der Waals surface area contributed by atoms with Crippen LogP contribution in [0.3, 0.4) is 0 Å². The summed E-state index contributed by atoms with van der Waals surface area (Å²) in [5.74, 6) is -0.556. The second-order valence-electron chi connectivity index (χ2n) is 5.31. The predicted molar refractivity (Wildman–Crippen MR) is 92.7 cm³/mol. The number of aryl methyl sites for hydroxylation is 1. The van der Waals surface area contributed by atoms with Gasteiger partial charge in [-0.15, -0.1) is 0 Å². The van der Waals surface area contributed by atoms with Gasteiger partial charge >= 0.3 is 0 Å². The lowest BCUT2D eigenvalue weighted by atomic mass is 9.96. The molecule has 5 N–H and O–H groups in total. The molecular weight excluding hydrogens is 290 g/mol. The summed E-state index contributed by atoms with van der Waals surface area (Å²) in [6.45, 7) is 3.63. The SMILES string of the molecule is C/C(=C\c1cc(C)ccc1-c1cccc(O)c1)C(=O)N=C(N)N. The van der Waals surface area contributed by atoms with Gasteiger partial charge < -0.3 is 16.6 Å². The van der Waals surface area contributed by atoms with Gasteiger partial charge in [-0.05, 0) is 48.7 Å². The van der Waals surface area contributed by atoms with Gasteiger partial charge in [0, 0.05) is 5.57 Å². The molecule has 0 fully saturated rings. The third-order valence-electron chi connectivity index (χ3n) is 3.30. The van der Waals surface area contributed by atoms with E-state index in [9.17, 15) is 9.90 Å². The van der Waals surface area contributed by atoms with Crippen LogP contribution in [0, 0.1) is 6.92 Å². The van der Waals surface area contributed by atoms with Crippen LogP contribution in [0.15, 0.2) is 53.0 Å². The van der Waals surface area contributed by atoms with Crippen molar-refractivity contribution < 1.29 is 9.90 Å². The third kappa shape index (κ3) is 4.20. The first-order chi connectivity index (χ1) is 10.9. The zero-order valence-electron chi connectivity index (χ0n) is 13.1. The zero-order valence-corrected chi connectivity index (χ0v) is 13.1. The summed E-state index contributed by atoms with van der Waals surface area (Å²) in [6.07, 6.45) is 1.74. The molecule has 2 rings (SSSR count). The molecule has 0 aliphatic heterocycles. The largest absolute Gasteiger partial charge is 0.508 e. The number of carbonyl (C=O) groups is 1. The number of nitrogens with zero attached hydrogens (tertiary/aromatic N) is 1. The van der Waals surface area contributed by atoms with Crippen LogP contribution in [0.5, 0.6) is 5.75 Å². The van der Waals surface area contributed by atoms with Crippen molar-refractivity contribution in [3.63, 3.8) is 0 Å². The normalized spacial score (nSPS) is 11.1. The Hall–Kier alpha value is -3.08. The fraction of sp³-hybridized carbons (Fsp3) is 0.111. The molecule has 118 valence electrons. The van der Waals surface area contributed by atoms with Crippen LogP contribution >= 0.6 is 0 Å². The van der Waals surface area contributed by atoms with Crippen LogP contribution in [0.2, 0.25) is 0 Å². The Morgan fingerprint density at radius 3 is 2.57 bits per heavy atom. The molecule has 2 aromatic rings. The average Bonchev–Trinajstić information content (AvgIpc) is 2.46. The summed E-state index contributed by atoms with van der Waals surface area (Å²) < 4.78 is 0. The van der Waals surface area contributed by atoms with Crippen molar-refractivity contribution in [1.82, 2.24) is 0 Å². The number of amides is 1. The Morgan fingerprint density at radius 2 is 1.91 bits per heavy atom. The lowest BCUT2D eigenvalue weighted by Gasteiger charge is -2.09. The van der Waals surface area contributed by atoms with E-state index in [1.165, 1.54) is 0 Å². The molecule has 0 heterocycles. The number of rotatable bonds is 3. The van der Waals surface area contributed by atoms with Crippen LogP contribution < -0.4 is 11.5 Å². The van der Waals surface area contributed by atoms with E-state index in [0.717, 1.165) is 22.3 Å². The summed E-state index contributed by atoms with van der Waals surface area (Å²) in [6, 6.07) is 12.9. The Kier molecular flexibility index (Phi) is 4.81. The molecular formula is C18H19N3O2. The fourth-order valence-electron chi connectivity index (χ4n) is 2.24. The van der Waals surface area contributed by atoms with Crippen LogP contribution in [0.4, 0.5) is 0 Å². The zero-order chi connectivity index (χ0) is 17.0. The molecule has 5 heteroatoms. The van der Waals surface area contributed by atoms with E-state index in [2.05, 4.69) is 4.99 Å². The number of hydrogen-bond acceptors (Lipinski definition) is 2. The molecule has 0 spiro atoms. The highest BCUT2D eigenvalue weighted by molar-refractivity contribution is 6.04. The maximum absolute atomic E-state index is 11.9. The van der Waals surface area contributed by atoms with Crippen molar-refractivity contribution in [2.45, 2.75) is 13.8 Å². The molecule has 0 bridgehead atoms. The Labute approximate surface area is 135 Å². The van der Waals surface area contributed by atoms with Gasteiger partial charge in [0.1, 0.15) is 5.75 Å². The highest BCUT2D eigenvalue weighted by Gasteiger charge is 2.08. The highest BCUT2D eigenvalue weighted by Crippen LogP contribution is 2.29. The van der Waals surface area contributed by atoms with Gasteiger partial charge in [-0.1, -0.05) is 35.9 Å². The first-order valence-corrected chi connectivity index (χ1v) is 7.09. The van der Waals surface area contributed by atoms with Crippen molar-refractivity contribution >= 4 is 17.9 Å². The summed E-state index contributed by atoms with van der Waals surface area (Å²) in [5.41, 5.74) is 14.6. The summed E-state index contributed by atoms with van der Waals surface area (Å²) in [5, 5.41) is 9.67. The summed E-state index contributed by atoms with van der Waals surface area (Å²) >= 11 is 0. The minimum atomic E-state index is -0.478. The van der Waals surface area contributed by atoms with Crippen LogP contribution in [-0.4, -0.2) is 17.0 Å². The van der Waals surface area contributed by atoms with E-state index in [-0.39, 0.29) is 11.7 Å². The van der Waals surface area contributed by atoms with Gasteiger partial charge in [-0.3, -0.25) is 4.79 Å². The van der Waals surface area contributed by atoms with Crippen molar-refractivity contribution in [3.8, 4) is 16.9 Å². The van der Waals surface area contributed by atoms with E-state index in [0.29, 0.717) is 5.57 Å². The van der Waals surface area contributed by atoms with E-state index in [1.807, 2.05) is 31.2 Å². The molecule has 0 saturated carbocycles. The van der Waals surface area contributed by atoms with E-state index >= 15 is 0 Å². The predicted octanol–water partition coefficient (Wildman–Crippen LogP) is 2.57. The topological polar surface area (TPSA) is 102 Å². The van der Waals surface area contributed by atoms with E-state index < -0.39 is 5.91 Å². The molecule has 1 amide bonds. The minimum Gasteiger partial charge on any atom is -0.508 e. The monoisotopic (exact) mass is 309 g/mol. The van der Waals surface area contributed by atoms with Gasteiger partial charge in [0.05, 0.1) is 0 Å². The number of benzene rings is 2. The van der Waals surface area contributed by atoms with Crippen LogP contribution in [0.1, 0.15) is 18.1 Å². The van der Waals surface area contributed by atoms with E-state index in [4.69, 9.17) is 11.5 Å². The van der Waals surface area contributed by atoms with Gasteiger partial charge in [0.2, 0.25) is 0 Å². The highest BCUT2D eigenvalue weighted by atomic mass is 16.3. The molecule has 0 radical (unpaired) electrons. The summed E-state index contributed by atoms with van der Waals surface area (Å²) in [4.78, 5) is 15.4. The second-order valence-corrected chi connectivity index (χ2v) is 5.31. The average molecular weight is 309 g/mol. The van der Waals surface area contributed by atoms with E-state index in [1.54, 1.807) is 31.2 Å². The molecule has 0 aliphatic carbocycles. The van der Waals surface area contributed by atoms with Crippen molar-refractivity contribution in [3.05, 3.63) is 59.2 Å². The fourth-order valence-corrected chi connectivity index (χ4v) is 2.24. The smallest absolute Gasteiger partial charge is 0.275 e. The molecule has 0 aliphatic rings. The number of guanidine groups is 1. The van der Waals surface area contributed by atoms with Crippen molar-refractivity contribution in [2.24, 2.45) is 16.5 Å². The lowest BCUT2D eigenvalue weighted by molar-refractivity contribution is -0.114. The molecule has 0 atom stereocenters. The van der Waals surface area contributed by atoms with Gasteiger partial charge in [0.15, 0.2) is 5.96 Å². The third-order valence-corrected chi connectivity index (χ3v) is 3.30. The number of nitrogens with two attached hydrogens (primary N) is 2. The van der Waals surface area contributed by atoms with Crippen molar-refractivity contribution in [1.29, 1.82) is 0 Å². The van der Waals surface area contributed by atoms with Gasteiger partial charge in [-0.25, -0.2) is 0 Å².